The fourth-order valence-corrected chi connectivity index (χ4v) is 5.48. The molecule has 0 amide bonds. The molecule has 36 heavy (non-hydrogen) atoms. The summed E-state index contributed by atoms with van der Waals surface area (Å²) < 4.78 is 57.8. The fourth-order valence-electron chi connectivity index (χ4n) is 4.06. The maximum Gasteiger partial charge on any atom is 0.215 e. The van der Waals surface area contributed by atoms with Gasteiger partial charge in [-0.2, -0.15) is 4.98 Å². The molecule has 0 saturated heterocycles. The first-order valence-corrected chi connectivity index (χ1v) is 14.0. The summed E-state index contributed by atoms with van der Waals surface area (Å²) in [4.78, 5) is 8.70. The van der Waals surface area contributed by atoms with Crippen LogP contribution in [0.25, 0.3) is 11.1 Å². The van der Waals surface area contributed by atoms with E-state index in [1.54, 1.807) is 18.4 Å². The predicted octanol–water partition coefficient (Wildman–Crippen LogP) is 6.11. The van der Waals surface area contributed by atoms with Gasteiger partial charge in [0.05, 0.1) is 24.7 Å². The van der Waals surface area contributed by atoms with Crippen LogP contribution in [0.3, 0.4) is 0 Å². The Morgan fingerprint density at radius 3 is 2.78 bits per heavy atom. The van der Waals surface area contributed by atoms with E-state index in [1.165, 1.54) is 24.3 Å². The number of hydrogen-bond donors (Lipinski definition) is 1. The average molecular weight is 517 g/mol. The van der Waals surface area contributed by atoms with Gasteiger partial charge in [0, 0.05) is 45.8 Å². The van der Waals surface area contributed by atoms with Crippen molar-refractivity contribution < 1.29 is 22.5 Å². The highest BCUT2D eigenvalue weighted by Crippen LogP contribution is 2.34. The standard InChI is InChI=1S/C26H30F2N4O3S/c1-4-30-36(3,33)16-18-11-25-31-24-14-21(22(28)15-29-24)20-9-8-19(27)13-23(20)34-10-6-5-7-17(2)35-26(12-18)32-25/h8-9,11-15,17H,4-7,10,16H2,1-3H3,(H,29,31,32). The van der Waals surface area contributed by atoms with E-state index in [0.717, 1.165) is 24.6 Å². The quantitative estimate of drug-likeness (QED) is 0.452. The number of nitrogens with zero attached hydrogens (tertiary/aromatic N) is 3. The number of halogens is 2. The molecular weight excluding hydrogens is 486 g/mol. The molecule has 0 aliphatic carbocycles. The van der Waals surface area contributed by atoms with Gasteiger partial charge in [-0.05, 0) is 62.9 Å². The molecule has 1 aliphatic heterocycles. The lowest BCUT2D eigenvalue weighted by Gasteiger charge is -2.18. The maximum absolute atomic E-state index is 14.8. The van der Waals surface area contributed by atoms with Gasteiger partial charge in [-0.25, -0.2) is 22.3 Å². The summed E-state index contributed by atoms with van der Waals surface area (Å²) in [5.74, 6) is 0.601. The molecule has 2 unspecified atom stereocenters. The second-order valence-electron chi connectivity index (χ2n) is 8.84. The summed E-state index contributed by atoms with van der Waals surface area (Å²) in [5, 5.41) is 3.10. The van der Waals surface area contributed by atoms with E-state index in [4.69, 9.17) is 9.47 Å². The van der Waals surface area contributed by atoms with Crippen molar-refractivity contribution in [2.24, 2.45) is 4.36 Å². The van der Waals surface area contributed by atoms with Gasteiger partial charge in [-0.3, -0.25) is 0 Å². The van der Waals surface area contributed by atoms with Crippen LogP contribution in [0.1, 0.15) is 38.7 Å². The van der Waals surface area contributed by atoms with Crippen molar-refractivity contribution in [1.82, 2.24) is 9.97 Å². The first-order valence-electron chi connectivity index (χ1n) is 11.9. The van der Waals surface area contributed by atoms with Crippen LogP contribution >= 0.6 is 0 Å². The number of hydrogen-bond acceptors (Lipinski definition) is 7. The summed E-state index contributed by atoms with van der Waals surface area (Å²) in [5.41, 5.74) is 1.39. The Labute approximate surface area is 210 Å². The minimum atomic E-state index is -2.43. The number of nitrogens with one attached hydrogen (secondary N) is 1. The van der Waals surface area contributed by atoms with Crippen molar-refractivity contribution in [3.8, 4) is 22.8 Å². The lowest BCUT2D eigenvalue weighted by atomic mass is 10.0. The van der Waals surface area contributed by atoms with E-state index in [1.807, 2.05) is 13.8 Å². The zero-order valence-electron chi connectivity index (χ0n) is 20.6. The zero-order valence-corrected chi connectivity index (χ0v) is 21.4. The number of fused-ring (bicyclic) bond motifs is 6. The fraction of sp³-hybridized carbons (Fsp3) is 0.385. The highest BCUT2D eigenvalue weighted by molar-refractivity contribution is 7.92. The zero-order chi connectivity index (χ0) is 25.7. The molecule has 0 fully saturated rings. The second-order valence-corrected chi connectivity index (χ2v) is 11.3. The first-order chi connectivity index (χ1) is 17.2. The van der Waals surface area contributed by atoms with Gasteiger partial charge in [0.25, 0.3) is 0 Å². The van der Waals surface area contributed by atoms with Gasteiger partial charge in [-0.15, -0.1) is 0 Å². The number of aromatic nitrogens is 2. The van der Waals surface area contributed by atoms with Crippen molar-refractivity contribution >= 4 is 21.4 Å². The summed E-state index contributed by atoms with van der Waals surface area (Å²) in [7, 11) is -2.43. The SMILES string of the molecule is CCN=S(C)(=O)Cc1cc2nc(c1)OC(C)CCCCOc1cc(F)ccc1-c1cc(ncc1F)N2. The predicted molar refractivity (Wildman–Crippen MR) is 137 cm³/mol. The largest absolute Gasteiger partial charge is 0.493 e. The number of benzene rings is 1. The van der Waals surface area contributed by atoms with Gasteiger partial charge in [0.2, 0.25) is 5.88 Å². The molecule has 1 aromatic carbocycles. The van der Waals surface area contributed by atoms with Crippen LogP contribution in [-0.4, -0.2) is 39.7 Å². The van der Waals surface area contributed by atoms with Gasteiger partial charge < -0.3 is 14.8 Å². The molecule has 3 aromatic rings. The Kier molecular flexibility index (Phi) is 8.03. The van der Waals surface area contributed by atoms with Crippen LogP contribution in [0.2, 0.25) is 0 Å². The third kappa shape index (κ3) is 6.69. The summed E-state index contributed by atoms with van der Waals surface area (Å²) >= 11 is 0. The Morgan fingerprint density at radius 1 is 1.14 bits per heavy atom. The monoisotopic (exact) mass is 516 g/mol. The van der Waals surface area contributed by atoms with E-state index in [0.29, 0.717) is 42.7 Å². The molecule has 0 spiro atoms. The molecule has 1 N–H and O–H groups in total. The van der Waals surface area contributed by atoms with Gasteiger partial charge >= 0.3 is 0 Å². The smallest absolute Gasteiger partial charge is 0.215 e. The highest BCUT2D eigenvalue weighted by atomic mass is 32.2. The van der Waals surface area contributed by atoms with E-state index in [2.05, 4.69) is 19.6 Å². The average Bonchev–Trinajstić information content (AvgIpc) is 2.79. The number of pyridine rings is 2. The van der Waals surface area contributed by atoms with Gasteiger partial charge in [0.1, 0.15) is 29.0 Å². The molecule has 0 saturated carbocycles. The van der Waals surface area contributed by atoms with Crippen LogP contribution < -0.4 is 14.8 Å². The molecule has 192 valence electrons. The van der Waals surface area contributed by atoms with E-state index < -0.39 is 21.4 Å². The summed E-state index contributed by atoms with van der Waals surface area (Å²) in [6.45, 7) is 4.62. The highest BCUT2D eigenvalue weighted by Gasteiger charge is 2.17. The number of rotatable bonds is 3. The molecule has 0 radical (unpaired) electrons. The van der Waals surface area contributed by atoms with E-state index in [-0.39, 0.29) is 23.2 Å². The van der Waals surface area contributed by atoms with Crippen LogP contribution in [0.4, 0.5) is 20.4 Å². The number of ether oxygens (including phenoxy) is 2. The van der Waals surface area contributed by atoms with Gasteiger partial charge in [0.15, 0.2) is 0 Å². The Balaban J connectivity index is 1.78. The van der Waals surface area contributed by atoms with Crippen LogP contribution in [-0.2, 0) is 15.5 Å². The van der Waals surface area contributed by atoms with Crippen LogP contribution in [0, 0.1) is 11.6 Å². The molecular formula is C26H30F2N4O3S. The lowest BCUT2D eigenvalue weighted by molar-refractivity contribution is 0.194. The van der Waals surface area contributed by atoms with Crippen molar-refractivity contribution in [2.45, 2.75) is 45.0 Å². The first kappa shape index (κ1) is 25.8. The molecule has 10 heteroatoms. The molecule has 2 aromatic heterocycles. The molecule has 3 heterocycles. The van der Waals surface area contributed by atoms with E-state index >= 15 is 0 Å². The molecule has 4 bridgehead atoms. The molecule has 1 aliphatic rings. The minimum Gasteiger partial charge on any atom is -0.493 e. The lowest BCUT2D eigenvalue weighted by Crippen LogP contribution is -2.14. The molecule has 7 nitrogen and oxygen atoms in total. The summed E-state index contributed by atoms with van der Waals surface area (Å²) in [6, 6.07) is 9.08. The molecule has 2 atom stereocenters. The topological polar surface area (TPSA) is 85.7 Å². The summed E-state index contributed by atoms with van der Waals surface area (Å²) in [6.07, 6.45) is 4.87. The third-order valence-corrected chi connectivity index (χ3v) is 7.30. The van der Waals surface area contributed by atoms with E-state index in [9.17, 15) is 13.0 Å². The van der Waals surface area contributed by atoms with Crippen LogP contribution in [0.5, 0.6) is 11.6 Å². The van der Waals surface area contributed by atoms with Crippen LogP contribution in [0.15, 0.2) is 47.0 Å². The van der Waals surface area contributed by atoms with Crippen molar-refractivity contribution in [3.63, 3.8) is 0 Å². The van der Waals surface area contributed by atoms with Crippen molar-refractivity contribution in [3.05, 3.63) is 59.8 Å². The second kappa shape index (κ2) is 11.2. The molecule has 4 rings (SSSR count). The Morgan fingerprint density at radius 2 is 1.97 bits per heavy atom. The van der Waals surface area contributed by atoms with Crippen molar-refractivity contribution in [2.75, 3.05) is 24.7 Å². The third-order valence-electron chi connectivity index (χ3n) is 5.63. The Bertz CT molecular complexity index is 1360. The van der Waals surface area contributed by atoms with Crippen molar-refractivity contribution in [1.29, 1.82) is 0 Å². The number of anilines is 2. The van der Waals surface area contributed by atoms with Gasteiger partial charge in [-0.1, -0.05) is 0 Å². The minimum absolute atomic E-state index is 0.125. The normalized spacial score (nSPS) is 17.5. The Hall–Kier alpha value is -3.27. The maximum atomic E-state index is 14.8.